The van der Waals surface area contributed by atoms with E-state index in [9.17, 15) is 13.2 Å². The second-order valence-electron chi connectivity index (χ2n) is 7.39. The molecule has 0 saturated carbocycles. The molecular weight excluding hydrogens is 452 g/mol. The molecular formula is C25H24N4O4S. The van der Waals surface area contributed by atoms with E-state index in [4.69, 9.17) is 4.74 Å². The monoisotopic (exact) mass is 476 g/mol. The maximum atomic E-state index is 12.7. The number of carbonyl (C=O) groups is 1. The number of ether oxygens (including phenoxy) is 1. The minimum atomic E-state index is -3.79. The molecule has 0 fully saturated rings. The number of carbonyl (C=O) groups excluding carboxylic acids is 1. The van der Waals surface area contributed by atoms with E-state index in [1.165, 1.54) is 24.3 Å². The fourth-order valence-electron chi connectivity index (χ4n) is 3.26. The lowest BCUT2D eigenvalue weighted by molar-refractivity contribution is 0.0951. The van der Waals surface area contributed by atoms with Gasteiger partial charge in [0.1, 0.15) is 5.75 Å². The lowest BCUT2D eigenvalue weighted by Gasteiger charge is -2.10. The number of amides is 1. The van der Waals surface area contributed by atoms with E-state index in [1.54, 1.807) is 35.1 Å². The molecule has 3 aromatic carbocycles. The van der Waals surface area contributed by atoms with Crippen molar-refractivity contribution < 1.29 is 17.9 Å². The number of anilines is 1. The number of benzene rings is 3. The highest BCUT2D eigenvalue weighted by Crippen LogP contribution is 2.20. The van der Waals surface area contributed by atoms with Gasteiger partial charge in [0.05, 0.1) is 17.2 Å². The van der Waals surface area contributed by atoms with Gasteiger partial charge in [-0.15, -0.1) is 0 Å². The minimum absolute atomic E-state index is 0.0622. The van der Waals surface area contributed by atoms with Gasteiger partial charge < -0.3 is 10.1 Å². The van der Waals surface area contributed by atoms with Crippen molar-refractivity contribution in [1.82, 2.24) is 15.1 Å². The minimum Gasteiger partial charge on any atom is -0.494 e. The molecule has 0 aliphatic rings. The maximum Gasteiger partial charge on any atom is 0.261 e. The maximum absolute atomic E-state index is 12.7. The molecule has 9 heteroatoms. The van der Waals surface area contributed by atoms with Gasteiger partial charge in [0, 0.05) is 30.2 Å². The Morgan fingerprint density at radius 3 is 2.29 bits per heavy atom. The lowest BCUT2D eigenvalue weighted by Crippen LogP contribution is -2.23. The molecule has 174 valence electrons. The van der Waals surface area contributed by atoms with Crippen LogP contribution in [0.2, 0.25) is 0 Å². The van der Waals surface area contributed by atoms with Gasteiger partial charge in [0.15, 0.2) is 0 Å². The fraction of sp³-hybridized carbons (Fsp3) is 0.120. The molecule has 0 spiro atoms. The summed E-state index contributed by atoms with van der Waals surface area (Å²) in [6, 6.07) is 22.0. The molecule has 4 aromatic rings. The number of nitrogens with one attached hydrogen (secondary N) is 2. The summed E-state index contributed by atoms with van der Waals surface area (Å²) in [7, 11) is -3.79. The summed E-state index contributed by atoms with van der Waals surface area (Å²) in [4.78, 5) is 12.6. The van der Waals surface area contributed by atoms with E-state index in [0.717, 1.165) is 11.3 Å². The van der Waals surface area contributed by atoms with Crippen LogP contribution in [0.15, 0.2) is 96.2 Å². The van der Waals surface area contributed by atoms with Crippen LogP contribution in [0.4, 0.5) is 5.69 Å². The van der Waals surface area contributed by atoms with E-state index in [2.05, 4.69) is 15.1 Å². The summed E-state index contributed by atoms with van der Waals surface area (Å²) < 4.78 is 35.0. The normalized spacial score (nSPS) is 11.1. The van der Waals surface area contributed by atoms with Gasteiger partial charge >= 0.3 is 0 Å². The lowest BCUT2D eigenvalue weighted by atomic mass is 10.2. The van der Waals surface area contributed by atoms with Crippen LogP contribution in [0, 0.1) is 0 Å². The van der Waals surface area contributed by atoms with E-state index >= 15 is 0 Å². The van der Waals surface area contributed by atoms with Crippen LogP contribution in [-0.4, -0.2) is 30.7 Å². The van der Waals surface area contributed by atoms with Crippen LogP contribution in [0.1, 0.15) is 22.8 Å². The number of rotatable bonds is 9. The quantitative estimate of drug-likeness (QED) is 0.380. The standard InChI is InChI=1S/C25H24N4O4S/c1-2-33-23-12-8-21(9-13-23)28-34(31,32)24-14-6-20(7-15-24)25(30)26-18-19-4-10-22(11-5-19)29-17-3-16-27-29/h3-17,28H,2,18H2,1H3,(H,26,30). The molecule has 0 aliphatic carbocycles. The Kier molecular flexibility index (Phi) is 6.93. The van der Waals surface area contributed by atoms with Crippen molar-refractivity contribution in [2.45, 2.75) is 18.4 Å². The van der Waals surface area contributed by atoms with Crippen molar-refractivity contribution in [1.29, 1.82) is 0 Å². The Bertz CT molecular complexity index is 1330. The van der Waals surface area contributed by atoms with Crippen LogP contribution < -0.4 is 14.8 Å². The van der Waals surface area contributed by atoms with Crippen molar-refractivity contribution in [2.24, 2.45) is 0 Å². The van der Waals surface area contributed by atoms with Crippen molar-refractivity contribution in [3.63, 3.8) is 0 Å². The summed E-state index contributed by atoms with van der Waals surface area (Å²) in [6.07, 6.45) is 3.56. The zero-order valence-electron chi connectivity index (χ0n) is 18.5. The van der Waals surface area contributed by atoms with Crippen LogP contribution in [0.25, 0.3) is 5.69 Å². The van der Waals surface area contributed by atoms with Crippen LogP contribution in [0.5, 0.6) is 5.75 Å². The number of hydrogen-bond donors (Lipinski definition) is 2. The van der Waals surface area contributed by atoms with Gasteiger partial charge in [-0.2, -0.15) is 5.10 Å². The molecule has 0 saturated heterocycles. The first-order valence-electron chi connectivity index (χ1n) is 10.7. The average Bonchev–Trinajstić information content (AvgIpc) is 3.39. The molecule has 0 aliphatic heterocycles. The van der Waals surface area contributed by atoms with Gasteiger partial charge in [-0.05, 0) is 79.2 Å². The molecule has 4 rings (SSSR count). The smallest absolute Gasteiger partial charge is 0.261 e. The number of hydrogen-bond acceptors (Lipinski definition) is 5. The molecule has 8 nitrogen and oxygen atoms in total. The number of sulfonamides is 1. The molecule has 1 aromatic heterocycles. The highest BCUT2D eigenvalue weighted by Gasteiger charge is 2.15. The highest BCUT2D eigenvalue weighted by molar-refractivity contribution is 7.92. The van der Waals surface area contributed by atoms with Gasteiger partial charge in [-0.25, -0.2) is 13.1 Å². The third-order valence-corrected chi connectivity index (χ3v) is 6.40. The molecule has 0 atom stereocenters. The second kappa shape index (κ2) is 10.2. The largest absolute Gasteiger partial charge is 0.494 e. The van der Waals surface area contributed by atoms with E-state index in [-0.39, 0.29) is 10.8 Å². The van der Waals surface area contributed by atoms with E-state index in [0.29, 0.717) is 30.2 Å². The van der Waals surface area contributed by atoms with E-state index < -0.39 is 10.0 Å². The molecule has 1 amide bonds. The Balaban J connectivity index is 1.35. The van der Waals surface area contributed by atoms with Gasteiger partial charge in [-0.1, -0.05) is 12.1 Å². The van der Waals surface area contributed by atoms with Crippen LogP contribution >= 0.6 is 0 Å². The summed E-state index contributed by atoms with van der Waals surface area (Å²) in [6.45, 7) is 2.75. The molecule has 0 bridgehead atoms. The third-order valence-electron chi connectivity index (χ3n) is 5.00. The number of aromatic nitrogens is 2. The summed E-state index contributed by atoms with van der Waals surface area (Å²) in [5, 5.41) is 7.03. The van der Waals surface area contributed by atoms with Crippen molar-refractivity contribution in [3.8, 4) is 11.4 Å². The average molecular weight is 477 g/mol. The second-order valence-corrected chi connectivity index (χ2v) is 9.07. The zero-order valence-corrected chi connectivity index (χ0v) is 19.3. The fourth-order valence-corrected chi connectivity index (χ4v) is 4.32. The predicted molar refractivity (Wildman–Crippen MR) is 130 cm³/mol. The van der Waals surface area contributed by atoms with Gasteiger partial charge in [0.2, 0.25) is 0 Å². The first-order chi connectivity index (χ1) is 16.4. The summed E-state index contributed by atoms with van der Waals surface area (Å²) in [5.41, 5.74) is 2.65. The molecule has 2 N–H and O–H groups in total. The number of nitrogens with zero attached hydrogens (tertiary/aromatic N) is 2. The summed E-state index contributed by atoms with van der Waals surface area (Å²) >= 11 is 0. The molecule has 0 radical (unpaired) electrons. The van der Waals surface area contributed by atoms with Crippen LogP contribution in [0.3, 0.4) is 0 Å². The Labute approximate surface area is 198 Å². The molecule has 0 unspecified atom stereocenters. The van der Waals surface area contributed by atoms with Crippen molar-refractivity contribution >= 4 is 21.6 Å². The Morgan fingerprint density at radius 1 is 0.971 bits per heavy atom. The molecule has 1 heterocycles. The highest BCUT2D eigenvalue weighted by atomic mass is 32.2. The van der Waals surface area contributed by atoms with Crippen LogP contribution in [-0.2, 0) is 16.6 Å². The Morgan fingerprint density at radius 2 is 1.68 bits per heavy atom. The first-order valence-corrected chi connectivity index (χ1v) is 12.2. The summed E-state index contributed by atoms with van der Waals surface area (Å²) in [5.74, 6) is 0.370. The topological polar surface area (TPSA) is 102 Å². The zero-order chi connectivity index (χ0) is 24.0. The Hall–Kier alpha value is -4.11. The third kappa shape index (κ3) is 5.62. The van der Waals surface area contributed by atoms with Crippen molar-refractivity contribution in [2.75, 3.05) is 11.3 Å². The van der Waals surface area contributed by atoms with E-state index in [1.807, 2.05) is 43.5 Å². The van der Waals surface area contributed by atoms with Gasteiger partial charge in [0.25, 0.3) is 15.9 Å². The predicted octanol–water partition coefficient (Wildman–Crippen LogP) is 4.00. The molecule has 34 heavy (non-hydrogen) atoms. The first kappa shape index (κ1) is 23.1. The van der Waals surface area contributed by atoms with Gasteiger partial charge in [-0.3, -0.25) is 9.52 Å². The van der Waals surface area contributed by atoms with Crippen molar-refractivity contribution in [3.05, 3.63) is 102 Å². The SMILES string of the molecule is CCOc1ccc(NS(=O)(=O)c2ccc(C(=O)NCc3ccc(-n4cccn4)cc3)cc2)cc1.